The van der Waals surface area contributed by atoms with Gasteiger partial charge in [0.1, 0.15) is 5.60 Å². The van der Waals surface area contributed by atoms with Crippen molar-refractivity contribution in [1.29, 1.82) is 0 Å². The van der Waals surface area contributed by atoms with Crippen molar-refractivity contribution in [3.63, 3.8) is 0 Å². The van der Waals surface area contributed by atoms with Gasteiger partial charge in [0.25, 0.3) is 0 Å². The van der Waals surface area contributed by atoms with Gasteiger partial charge in [-0.3, -0.25) is 4.99 Å². The first-order chi connectivity index (χ1) is 16.2. The molecule has 188 valence electrons. The van der Waals surface area contributed by atoms with Crippen molar-refractivity contribution < 1.29 is 9.53 Å². The molecule has 0 unspecified atom stereocenters. The predicted octanol–water partition coefficient (Wildman–Crippen LogP) is 6.52. The fourth-order valence-electron chi connectivity index (χ4n) is 5.87. The molecular weight excluding hydrogens is 422 g/mol. The molecule has 0 spiro atoms. The van der Waals surface area contributed by atoms with Crippen molar-refractivity contribution >= 4 is 11.8 Å². The van der Waals surface area contributed by atoms with Gasteiger partial charge in [-0.15, -0.1) is 0 Å². The van der Waals surface area contributed by atoms with Gasteiger partial charge >= 0.3 is 6.09 Å². The first-order valence-electron chi connectivity index (χ1n) is 13.6. The Kier molecular flexibility index (Phi) is 7.59. The van der Waals surface area contributed by atoms with E-state index in [0.717, 1.165) is 19.0 Å². The van der Waals surface area contributed by atoms with Crippen molar-refractivity contribution in [2.75, 3.05) is 26.2 Å². The zero-order chi connectivity index (χ0) is 24.5. The largest absolute Gasteiger partial charge is 0.444 e. The van der Waals surface area contributed by atoms with Gasteiger partial charge < -0.3 is 14.5 Å². The number of piperazine rings is 1. The summed E-state index contributed by atoms with van der Waals surface area (Å²) in [7, 11) is 0. The van der Waals surface area contributed by atoms with E-state index in [-0.39, 0.29) is 12.1 Å². The van der Waals surface area contributed by atoms with Gasteiger partial charge in [0.15, 0.2) is 0 Å². The summed E-state index contributed by atoms with van der Waals surface area (Å²) in [6.07, 6.45) is 14.0. The molecule has 1 amide bonds. The Hall–Kier alpha value is -2.04. The second-order valence-electron chi connectivity index (χ2n) is 11.7. The van der Waals surface area contributed by atoms with Crippen molar-refractivity contribution in [3.05, 3.63) is 34.6 Å². The van der Waals surface area contributed by atoms with E-state index in [9.17, 15) is 4.79 Å². The molecule has 0 bridgehead atoms. The van der Waals surface area contributed by atoms with Crippen molar-refractivity contribution in [2.24, 2.45) is 16.8 Å². The van der Waals surface area contributed by atoms with Gasteiger partial charge in [0.05, 0.1) is 5.71 Å². The number of hydrogen-bond acceptors (Lipinski definition) is 4. The molecule has 0 radical (unpaired) electrons. The maximum Gasteiger partial charge on any atom is 0.410 e. The van der Waals surface area contributed by atoms with E-state index in [1.807, 2.05) is 25.7 Å². The van der Waals surface area contributed by atoms with Crippen molar-refractivity contribution in [3.8, 4) is 0 Å². The highest BCUT2D eigenvalue weighted by Gasteiger charge is 2.36. The van der Waals surface area contributed by atoms with Crippen LogP contribution in [0.5, 0.6) is 0 Å². The maximum absolute atomic E-state index is 12.6. The summed E-state index contributed by atoms with van der Waals surface area (Å²) < 4.78 is 5.63. The van der Waals surface area contributed by atoms with Crippen LogP contribution in [0.3, 0.4) is 0 Å². The molecular formula is C29H45N3O2. The Morgan fingerprint density at radius 2 is 1.82 bits per heavy atom. The van der Waals surface area contributed by atoms with Crippen molar-refractivity contribution in [2.45, 2.75) is 98.1 Å². The molecule has 0 N–H and O–H groups in total. The molecule has 4 aliphatic rings. The maximum atomic E-state index is 12.6. The average Bonchev–Trinajstić information content (AvgIpc) is 3.49. The summed E-state index contributed by atoms with van der Waals surface area (Å²) in [5.74, 6) is 1.52. The number of amides is 1. The molecule has 1 saturated heterocycles. The highest BCUT2D eigenvalue weighted by Crippen LogP contribution is 2.45. The first-order valence-corrected chi connectivity index (χ1v) is 13.6. The molecule has 0 aromatic heterocycles. The molecule has 3 aliphatic carbocycles. The summed E-state index contributed by atoms with van der Waals surface area (Å²) in [5.41, 5.74) is 6.39. The zero-order valence-corrected chi connectivity index (χ0v) is 22.3. The summed E-state index contributed by atoms with van der Waals surface area (Å²) in [6, 6.07) is 0.237. The Morgan fingerprint density at radius 1 is 1.12 bits per heavy atom. The van der Waals surface area contributed by atoms with Crippen LogP contribution in [0, 0.1) is 11.8 Å². The molecule has 0 aromatic rings. The van der Waals surface area contributed by atoms with Crippen LogP contribution in [0.4, 0.5) is 4.79 Å². The third-order valence-electron chi connectivity index (χ3n) is 7.62. The lowest BCUT2D eigenvalue weighted by molar-refractivity contribution is 0.0101. The number of ether oxygens (including phenoxy) is 1. The monoisotopic (exact) mass is 467 g/mol. The SMILES string of the molecule is CCN=C1C=C(CC2CCCC2)C=C(C2CC2)/C1=C(/C)N1CCN(C(=O)OC(C)(C)C)C[C@@H]1C. The number of hydrogen-bond donors (Lipinski definition) is 0. The summed E-state index contributed by atoms with van der Waals surface area (Å²) in [5, 5.41) is 0. The Balaban J connectivity index is 1.57. The number of nitrogens with zero attached hydrogens (tertiary/aromatic N) is 3. The zero-order valence-electron chi connectivity index (χ0n) is 22.3. The van der Waals surface area contributed by atoms with Crippen LogP contribution in [0.25, 0.3) is 0 Å². The molecule has 5 heteroatoms. The minimum Gasteiger partial charge on any atom is -0.444 e. The number of carbonyl (C=O) groups excluding carboxylic acids is 1. The van der Waals surface area contributed by atoms with E-state index in [0.29, 0.717) is 19.0 Å². The van der Waals surface area contributed by atoms with Crippen LogP contribution >= 0.6 is 0 Å². The molecule has 5 nitrogen and oxygen atoms in total. The predicted molar refractivity (Wildman–Crippen MR) is 140 cm³/mol. The van der Waals surface area contributed by atoms with Crippen LogP contribution in [0.15, 0.2) is 39.6 Å². The lowest BCUT2D eigenvalue weighted by Crippen LogP contribution is -2.54. The number of aliphatic imine (C=N–C) groups is 1. The highest BCUT2D eigenvalue weighted by molar-refractivity contribution is 6.14. The standard InChI is InChI=1S/C29H45N3O2/c1-7-30-26-18-23(16-22-10-8-9-11-22)17-25(24-12-13-24)27(26)21(3)32-15-14-31(19-20(32)2)28(33)34-29(4,5)6/h17-18,20,22,24H,7-16,19H2,1-6H3/b27-21+,30-26?/t20-/m0/s1. The fraction of sp³-hybridized carbons (Fsp3) is 0.724. The molecule has 1 aliphatic heterocycles. The smallest absolute Gasteiger partial charge is 0.410 e. The normalized spacial score (nSPS) is 27.1. The van der Waals surface area contributed by atoms with E-state index in [1.54, 1.807) is 0 Å². The van der Waals surface area contributed by atoms with E-state index < -0.39 is 5.60 Å². The second-order valence-corrected chi connectivity index (χ2v) is 11.7. The molecule has 34 heavy (non-hydrogen) atoms. The van der Waals surface area contributed by atoms with Gasteiger partial charge in [0, 0.05) is 43.5 Å². The van der Waals surface area contributed by atoms with Gasteiger partial charge in [-0.05, 0) is 89.9 Å². The Labute approximate surface area is 207 Å². The van der Waals surface area contributed by atoms with Gasteiger partial charge in [-0.1, -0.05) is 31.8 Å². The fourth-order valence-corrected chi connectivity index (χ4v) is 5.87. The third kappa shape index (κ3) is 5.95. The topological polar surface area (TPSA) is 45.1 Å². The van der Waals surface area contributed by atoms with Gasteiger partial charge in [0.2, 0.25) is 0 Å². The molecule has 1 heterocycles. The van der Waals surface area contributed by atoms with E-state index in [4.69, 9.17) is 9.73 Å². The number of rotatable bonds is 5. The molecule has 3 fully saturated rings. The number of allylic oxidation sites excluding steroid dienone is 6. The molecule has 4 rings (SSSR count). The Bertz CT molecular complexity index is 895. The van der Waals surface area contributed by atoms with Crippen LogP contribution < -0.4 is 0 Å². The number of carbonyl (C=O) groups is 1. The lowest BCUT2D eigenvalue weighted by Gasteiger charge is -2.43. The van der Waals surface area contributed by atoms with Gasteiger partial charge in [-0.2, -0.15) is 0 Å². The average molecular weight is 468 g/mol. The van der Waals surface area contributed by atoms with Crippen LogP contribution in [0.1, 0.15) is 86.5 Å². The van der Waals surface area contributed by atoms with Gasteiger partial charge in [-0.25, -0.2) is 4.79 Å². The minimum absolute atomic E-state index is 0.201. The third-order valence-corrected chi connectivity index (χ3v) is 7.62. The van der Waals surface area contributed by atoms with Crippen LogP contribution in [0.2, 0.25) is 0 Å². The minimum atomic E-state index is -0.463. The quantitative estimate of drug-likeness (QED) is 0.462. The van der Waals surface area contributed by atoms with Crippen molar-refractivity contribution in [1.82, 2.24) is 9.80 Å². The first kappa shape index (κ1) is 25.1. The van der Waals surface area contributed by atoms with E-state index in [2.05, 4.69) is 37.8 Å². The summed E-state index contributed by atoms with van der Waals surface area (Å²) in [6.45, 7) is 15.4. The van der Waals surface area contributed by atoms with Crippen LogP contribution in [-0.2, 0) is 4.74 Å². The molecule has 2 saturated carbocycles. The molecule has 1 atom stereocenters. The lowest BCUT2D eigenvalue weighted by atomic mass is 9.84. The summed E-state index contributed by atoms with van der Waals surface area (Å²) >= 11 is 0. The van der Waals surface area contributed by atoms with E-state index in [1.165, 1.54) is 73.1 Å². The van der Waals surface area contributed by atoms with E-state index >= 15 is 0 Å². The Morgan fingerprint density at radius 3 is 2.41 bits per heavy atom. The second kappa shape index (κ2) is 10.3. The van der Waals surface area contributed by atoms with Crippen LogP contribution in [-0.4, -0.2) is 59.4 Å². The molecule has 0 aromatic carbocycles. The summed E-state index contributed by atoms with van der Waals surface area (Å²) in [4.78, 5) is 22.0. The highest BCUT2D eigenvalue weighted by atomic mass is 16.6.